The van der Waals surface area contributed by atoms with Gasteiger partial charge in [-0.05, 0) is 36.4 Å². The summed E-state index contributed by atoms with van der Waals surface area (Å²) in [4.78, 5) is 12.1. The lowest BCUT2D eigenvalue weighted by Crippen LogP contribution is -2.50. The van der Waals surface area contributed by atoms with Crippen LogP contribution < -0.4 is 14.4 Å². The van der Waals surface area contributed by atoms with E-state index in [0.29, 0.717) is 16.5 Å². The first kappa shape index (κ1) is 16.6. The molecule has 3 rings (SSSR count). The number of carbonyl (C=O) groups excluding carboxylic acids is 1. The molecular weight excluding hydrogens is 352 g/mol. The SMILES string of the molecule is CNC(=O)C1CN(S(=O)(=O)c2ccc(Cl)cc2)c2ccccc2O1. The summed E-state index contributed by atoms with van der Waals surface area (Å²) in [5.41, 5.74) is 0.396. The highest BCUT2D eigenvalue weighted by Gasteiger charge is 2.37. The molecule has 1 unspecified atom stereocenters. The zero-order chi connectivity index (χ0) is 17.3. The molecule has 24 heavy (non-hydrogen) atoms. The number of fused-ring (bicyclic) bond motifs is 1. The summed E-state index contributed by atoms with van der Waals surface area (Å²) in [5.74, 6) is -0.0457. The number of nitrogens with zero attached hydrogens (tertiary/aromatic N) is 1. The first-order chi connectivity index (χ1) is 11.4. The Kier molecular flexibility index (Phi) is 4.38. The monoisotopic (exact) mass is 366 g/mol. The van der Waals surface area contributed by atoms with Crippen molar-refractivity contribution >= 4 is 33.2 Å². The van der Waals surface area contributed by atoms with Gasteiger partial charge < -0.3 is 10.1 Å². The summed E-state index contributed by atoms with van der Waals surface area (Å²) in [6, 6.07) is 12.6. The number of carbonyl (C=O) groups is 1. The van der Waals surface area contributed by atoms with Crippen molar-refractivity contribution in [1.29, 1.82) is 0 Å². The van der Waals surface area contributed by atoms with Crippen LogP contribution >= 0.6 is 11.6 Å². The van der Waals surface area contributed by atoms with E-state index in [1.165, 1.54) is 35.6 Å². The number of halogens is 1. The smallest absolute Gasteiger partial charge is 0.264 e. The van der Waals surface area contributed by atoms with Gasteiger partial charge in [-0.25, -0.2) is 8.42 Å². The molecule has 1 N–H and O–H groups in total. The van der Waals surface area contributed by atoms with Crippen LogP contribution in [0.25, 0.3) is 0 Å². The van der Waals surface area contributed by atoms with Gasteiger partial charge in [0.2, 0.25) is 0 Å². The molecule has 0 fully saturated rings. The molecule has 0 spiro atoms. The van der Waals surface area contributed by atoms with E-state index in [0.717, 1.165) is 0 Å². The van der Waals surface area contributed by atoms with Gasteiger partial charge in [0.1, 0.15) is 5.75 Å². The van der Waals surface area contributed by atoms with E-state index in [4.69, 9.17) is 16.3 Å². The Morgan fingerprint density at radius 1 is 1.21 bits per heavy atom. The van der Waals surface area contributed by atoms with Crippen molar-refractivity contribution in [3.05, 3.63) is 53.6 Å². The number of sulfonamides is 1. The summed E-state index contributed by atoms with van der Waals surface area (Å²) < 4.78 is 32.8. The molecule has 1 amide bonds. The van der Waals surface area contributed by atoms with Crippen LogP contribution in [0, 0.1) is 0 Å². The molecule has 0 saturated carbocycles. The minimum atomic E-state index is -3.85. The van der Waals surface area contributed by atoms with Crippen molar-refractivity contribution in [3.63, 3.8) is 0 Å². The molecule has 1 atom stereocenters. The lowest BCUT2D eigenvalue weighted by atomic mass is 10.2. The average molecular weight is 367 g/mol. The van der Waals surface area contributed by atoms with Crippen molar-refractivity contribution in [2.24, 2.45) is 0 Å². The largest absolute Gasteiger partial charge is 0.476 e. The van der Waals surface area contributed by atoms with Gasteiger partial charge in [-0.3, -0.25) is 9.10 Å². The predicted molar refractivity (Wildman–Crippen MR) is 90.9 cm³/mol. The van der Waals surface area contributed by atoms with Gasteiger partial charge in [0.15, 0.2) is 6.10 Å². The number of nitrogens with one attached hydrogen (secondary N) is 1. The third-order valence-electron chi connectivity index (χ3n) is 3.68. The summed E-state index contributed by atoms with van der Waals surface area (Å²) in [7, 11) is -2.38. The highest BCUT2D eigenvalue weighted by Crippen LogP contribution is 2.36. The number of ether oxygens (including phenoxy) is 1. The number of para-hydroxylation sites is 2. The van der Waals surface area contributed by atoms with Crippen molar-refractivity contribution < 1.29 is 17.9 Å². The van der Waals surface area contributed by atoms with E-state index in [2.05, 4.69) is 5.32 Å². The molecule has 0 aromatic heterocycles. The maximum atomic E-state index is 13.0. The molecule has 8 heteroatoms. The van der Waals surface area contributed by atoms with E-state index in [-0.39, 0.29) is 17.3 Å². The number of rotatable bonds is 3. The summed E-state index contributed by atoms with van der Waals surface area (Å²) in [6.07, 6.45) is -0.924. The first-order valence-corrected chi connectivity index (χ1v) is 9.01. The fourth-order valence-corrected chi connectivity index (χ4v) is 4.06. The number of benzene rings is 2. The predicted octanol–water partition coefficient (Wildman–Crippen LogP) is 2.04. The average Bonchev–Trinajstić information content (AvgIpc) is 2.60. The van der Waals surface area contributed by atoms with Gasteiger partial charge in [-0.2, -0.15) is 0 Å². The van der Waals surface area contributed by atoms with E-state index < -0.39 is 16.1 Å². The fourth-order valence-electron chi connectivity index (χ4n) is 2.46. The maximum Gasteiger partial charge on any atom is 0.264 e. The van der Waals surface area contributed by atoms with Gasteiger partial charge >= 0.3 is 0 Å². The van der Waals surface area contributed by atoms with E-state index >= 15 is 0 Å². The van der Waals surface area contributed by atoms with Gasteiger partial charge in [0, 0.05) is 12.1 Å². The van der Waals surface area contributed by atoms with Gasteiger partial charge in [0.05, 0.1) is 17.1 Å². The van der Waals surface area contributed by atoms with Crippen molar-refractivity contribution in [2.75, 3.05) is 17.9 Å². The lowest BCUT2D eigenvalue weighted by Gasteiger charge is -2.34. The van der Waals surface area contributed by atoms with Crippen LogP contribution in [0.2, 0.25) is 5.02 Å². The third-order valence-corrected chi connectivity index (χ3v) is 5.72. The van der Waals surface area contributed by atoms with E-state index in [9.17, 15) is 13.2 Å². The van der Waals surface area contributed by atoms with E-state index in [1.54, 1.807) is 24.3 Å². The molecule has 0 saturated heterocycles. The highest BCUT2D eigenvalue weighted by molar-refractivity contribution is 7.92. The third kappa shape index (κ3) is 2.92. The fraction of sp³-hybridized carbons (Fsp3) is 0.188. The van der Waals surface area contributed by atoms with Crippen LogP contribution in [0.4, 0.5) is 5.69 Å². The molecule has 126 valence electrons. The van der Waals surface area contributed by atoms with Crippen LogP contribution in [0.5, 0.6) is 5.75 Å². The van der Waals surface area contributed by atoms with Gasteiger partial charge in [-0.15, -0.1) is 0 Å². The molecule has 0 bridgehead atoms. The normalized spacial score (nSPS) is 16.9. The Balaban J connectivity index is 2.07. The Bertz CT molecular complexity index is 868. The Morgan fingerprint density at radius 2 is 1.88 bits per heavy atom. The van der Waals surface area contributed by atoms with E-state index in [1.807, 2.05) is 0 Å². The van der Waals surface area contributed by atoms with Crippen LogP contribution in [0.1, 0.15) is 0 Å². The summed E-state index contributed by atoms with van der Waals surface area (Å²) in [5, 5.41) is 2.93. The molecular formula is C16H15ClN2O4S. The topological polar surface area (TPSA) is 75.7 Å². The quantitative estimate of drug-likeness (QED) is 0.902. The molecule has 0 aliphatic carbocycles. The zero-order valence-corrected chi connectivity index (χ0v) is 14.3. The number of hydrogen-bond acceptors (Lipinski definition) is 4. The first-order valence-electron chi connectivity index (χ1n) is 7.19. The Labute approximate surface area is 145 Å². The lowest BCUT2D eigenvalue weighted by molar-refractivity contribution is -0.127. The summed E-state index contributed by atoms with van der Waals surface area (Å²) >= 11 is 5.83. The van der Waals surface area contributed by atoms with Crippen molar-refractivity contribution in [3.8, 4) is 5.75 Å². The summed E-state index contributed by atoms with van der Waals surface area (Å²) in [6.45, 7) is -0.109. The molecule has 1 aliphatic heterocycles. The molecule has 0 radical (unpaired) electrons. The van der Waals surface area contributed by atoms with Crippen LogP contribution in [-0.2, 0) is 14.8 Å². The minimum absolute atomic E-state index is 0.0965. The second-order valence-corrected chi connectivity index (χ2v) is 7.48. The highest BCUT2D eigenvalue weighted by atomic mass is 35.5. The molecule has 2 aromatic rings. The number of hydrogen-bond donors (Lipinski definition) is 1. The number of amides is 1. The zero-order valence-electron chi connectivity index (χ0n) is 12.8. The van der Waals surface area contributed by atoms with Crippen LogP contribution in [0.15, 0.2) is 53.4 Å². The standard InChI is InChI=1S/C16H15ClN2O4S/c1-18-16(20)15-10-19(13-4-2-3-5-14(13)23-15)24(21,22)12-8-6-11(17)7-9-12/h2-9,15H,10H2,1H3,(H,18,20). The molecule has 1 aliphatic rings. The van der Waals surface area contributed by atoms with Gasteiger partial charge in [-0.1, -0.05) is 23.7 Å². The van der Waals surface area contributed by atoms with Crippen LogP contribution in [0.3, 0.4) is 0 Å². The maximum absolute atomic E-state index is 13.0. The Hall–Kier alpha value is -2.25. The van der Waals surface area contributed by atoms with Crippen molar-refractivity contribution in [2.45, 2.75) is 11.0 Å². The number of likely N-dealkylation sites (N-methyl/N-ethyl adjacent to an activating group) is 1. The Morgan fingerprint density at radius 3 is 2.54 bits per heavy atom. The molecule has 1 heterocycles. The minimum Gasteiger partial charge on any atom is -0.476 e. The number of anilines is 1. The van der Waals surface area contributed by atoms with Crippen LogP contribution in [-0.4, -0.2) is 34.0 Å². The van der Waals surface area contributed by atoms with Gasteiger partial charge in [0.25, 0.3) is 15.9 Å². The second-order valence-electron chi connectivity index (χ2n) is 5.18. The second kappa shape index (κ2) is 6.33. The molecule has 6 nitrogen and oxygen atoms in total. The van der Waals surface area contributed by atoms with Crippen molar-refractivity contribution in [1.82, 2.24) is 5.32 Å². The molecule has 2 aromatic carbocycles.